The second-order valence-corrected chi connectivity index (χ2v) is 4.29. The van der Waals surface area contributed by atoms with Crippen molar-refractivity contribution in [3.8, 4) is 11.5 Å². The normalized spacial score (nSPS) is 13.1. The molecule has 0 radical (unpaired) electrons. The molecular weight excluding hydrogens is 278 g/mol. The van der Waals surface area contributed by atoms with Crippen LogP contribution in [-0.2, 0) is 9.59 Å². The number of para-hydroxylation sites is 2. The second kappa shape index (κ2) is 8.11. The average Bonchev–Trinajstić information content (AvgIpc) is 2.43. The Morgan fingerprint density at radius 1 is 1.24 bits per heavy atom. The van der Waals surface area contributed by atoms with E-state index in [2.05, 4.69) is 5.32 Å². The zero-order valence-corrected chi connectivity index (χ0v) is 11.9. The van der Waals surface area contributed by atoms with Gasteiger partial charge in [-0.3, -0.25) is 4.79 Å². The van der Waals surface area contributed by atoms with E-state index in [1.54, 1.807) is 24.3 Å². The summed E-state index contributed by atoms with van der Waals surface area (Å²) in [5.74, 6) is -1.07. The summed E-state index contributed by atoms with van der Waals surface area (Å²) in [5, 5.41) is 20.3. The number of carbonyl (C=O) groups is 2. The molecule has 0 fully saturated rings. The van der Waals surface area contributed by atoms with Crippen molar-refractivity contribution >= 4 is 11.9 Å². The molecule has 0 aromatic heterocycles. The number of amides is 1. The van der Waals surface area contributed by atoms with Crippen LogP contribution in [0, 0.1) is 0 Å². The maximum atomic E-state index is 11.7. The zero-order valence-electron chi connectivity index (χ0n) is 11.9. The Morgan fingerprint density at radius 2 is 1.81 bits per heavy atom. The minimum absolute atomic E-state index is 0.374. The second-order valence-electron chi connectivity index (χ2n) is 4.29. The summed E-state index contributed by atoms with van der Waals surface area (Å²) >= 11 is 0. The number of hydrogen-bond acceptors (Lipinski definition) is 5. The third kappa shape index (κ3) is 5.31. The van der Waals surface area contributed by atoms with Crippen molar-refractivity contribution in [2.75, 3.05) is 13.2 Å². The molecule has 0 saturated heterocycles. The first-order valence-corrected chi connectivity index (χ1v) is 6.50. The van der Waals surface area contributed by atoms with Gasteiger partial charge >= 0.3 is 5.97 Å². The Balaban J connectivity index is 2.59. The van der Waals surface area contributed by atoms with Gasteiger partial charge in [0.1, 0.15) is 0 Å². The van der Waals surface area contributed by atoms with Crippen LogP contribution in [0.25, 0.3) is 0 Å². The summed E-state index contributed by atoms with van der Waals surface area (Å²) in [7, 11) is 0. The first kappa shape index (κ1) is 16.8. The van der Waals surface area contributed by atoms with Crippen LogP contribution < -0.4 is 14.8 Å². The summed E-state index contributed by atoms with van der Waals surface area (Å²) in [6, 6.07) is 5.47. The summed E-state index contributed by atoms with van der Waals surface area (Å²) in [6.07, 6.45) is -1.21. The third-order valence-electron chi connectivity index (χ3n) is 2.57. The summed E-state index contributed by atoms with van der Waals surface area (Å²) in [5.41, 5.74) is 0. The molecule has 0 spiro atoms. The number of rotatable bonds is 8. The maximum Gasteiger partial charge on any atom is 0.328 e. The fraction of sp³-hybridized carbons (Fsp3) is 0.429. The molecule has 1 rings (SSSR count). The van der Waals surface area contributed by atoms with Crippen molar-refractivity contribution in [3.05, 3.63) is 24.3 Å². The number of hydrogen-bond donors (Lipinski definition) is 3. The minimum atomic E-state index is -1.37. The highest BCUT2D eigenvalue weighted by molar-refractivity contribution is 5.84. The number of carboxylic acid groups (broad SMARTS) is 1. The average molecular weight is 297 g/mol. The van der Waals surface area contributed by atoms with Gasteiger partial charge in [-0.25, -0.2) is 4.79 Å². The molecule has 0 aliphatic carbocycles. The molecule has 116 valence electrons. The predicted octanol–water partition coefficient (Wildman–Crippen LogP) is 0.414. The summed E-state index contributed by atoms with van der Waals surface area (Å²) in [4.78, 5) is 22.5. The number of carbonyl (C=O) groups excluding carboxylic acids is 1. The topological polar surface area (TPSA) is 105 Å². The first-order valence-electron chi connectivity index (χ1n) is 6.50. The number of nitrogens with one attached hydrogen (secondary N) is 1. The molecule has 0 saturated carbocycles. The Morgan fingerprint density at radius 3 is 2.29 bits per heavy atom. The number of ether oxygens (including phenoxy) is 2. The Hall–Kier alpha value is -2.28. The van der Waals surface area contributed by atoms with Gasteiger partial charge in [-0.05, 0) is 26.0 Å². The SMILES string of the molecule is CCOc1ccccc1OCC(=O)NC(C(=O)O)C(C)O. The van der Waals surface area contributed by atoms with E-state index in [0.29, 0.717) is 18.1 Å². The maximum absolute atomic E-state index is 11.7. The van der Waals surface area contributed by atoms with E-state index < -0.39 is 24.0 Å². The van der Waals surface area contributed by atoms with Crippen LogP contribution in [-0.4, -0.2) is 47.4 Å². The fourth-order valence-corrected chi connectivity index (χ4v) is 1.59. The standard InChI is InChI=1S/C14H19NO6/c1-3-20-10-6-4-5-7-11(10)21-8-12(17)15-13(9(2)16)14(18)19/h4-7,9,13,16H,3,8H2,1-2H3,(H,15,17)(H,18,19). The molecule has 7 nitrogen and oxygen atoms in total. The van der Waals surface area contributed by atoms with Gasteiger partial charge in [-0.2, -0.15) is 0 Å². The Kier molecular flexibility index (Phi) is 6.48. The Bertz CT molecular complexity index is 488. The molecule has 2 unspecified atom stereocenters. The van der Waals surface area contributed by atoms with Crippen LogP contribution >= 0.6 is 0 Å². The quantitative estimate of drug-likeness (QED) is 0.642. The van der Waals surface area contributed by atoms with Crippen molar-refractivity contribution < 1.29 is 29.3 Å². The van der Waals surface area contributed by atoms with E-state index in [-0.39, 0.29) is 6.61 Å². The number of aliphatic hydroxyl groups is 1. The number of carboxylic acids is 1. The number of aliphatic hydroxyl groups excluding tert-OH is 1. The van der Waals surface area contributed by atoms with Crippen molar-refractivity contribution in [1.29, 1.82) is 0 Å². The van der Waals surface area contributed by atoms with E-state index in [0.717, 1.165) is 0 Å². The van der Waals surface area contributed by atoms with Gasteiger partial charge in [-0.1, -0.05) is 12.1 Å². The third-order valence-corrected chi connectivity index (χ3v) is 2.57. The highest BCUT2D eigenvalue weighted by Crippen LogP contribution is 2.26. The van der Waals surface area contributed by atoms with E-state index in [1.807, 2.05) is 6.92 Å². The lowest BCUT2D eigenvalue weighted by molar-refractivity contribution is -0.145. The van der Waals surface area contributed by atoms with Crippen LogP contribution in [0.4, 0.5) is 0 Å². The molecule has 1 aromatic carbocycles. The van der Waals surface area contributed by atoms with E-state index in [9.17, 15) is 14.7 Å². The molecule has 0 aliphatic heterocycles. The zero-order chi connectivity index (χ0) is 15.8. The molecule has 0 aliphatic rings. The van der Waals surface area contributed by atoms with Gasteiger partial charge in [0.15, 0.2) is 24.1 Å². The predicted molar refractivity (Wildman–Crippen MR) is 74.4 cm³/mol. The van der Waals surface area contributed by atoms with Crippen LogP contribution in [0.5, 0.6) is 11.5 Å². The lowest BCUT2D eigenvalue weighted by Crippen LogP contribution is -2.49. The molecule has 2 atom stereocenters. The van der Waals surface area contributed by atoms with Crippen molar-refractivity contribution in [2.45, 2.75) is 26.0 Å². The van der Waals surface area contributed by atoms with Crippen LogP contribution in [0.15, 0.2) is 24.3 Å². The molecule has 1 aromatic rings. The first-order chi connectivity index (χ1) is 9.95. The highest BCUT2D eigenvalue weighted by atomic mass is 16.5. The Labute approximate surface area is 122 Å². The van der Waals surface area contributed by atoms with Crippen molar-refractivity contribution in [3.63, 3.8) is 0 Å². The minimum Gasteiger partial charge on any atom is -0.490 e. The highest BCUT2D eigenvalue weighted by Gasteiger charge is 2.25. The smallest absolute Gasteiger partial charge is 0.328 e. The largest absolute Gasteiger partial charge is 0.490 e. The van der Waals surface area contributed by atoms with Gasteiger partial charge < -0.3 is 25.0 Å². The summed E-state index contributed by atoms with van der Waals surface area (Å²) < 4.78 is 10.6. The lowest BCUT2D eigenvalue weighted by Gasteiger charge is -2.17. The molecule has 3 N–H and O–H groups in total. The summed E-state index contributed by atoms with van der Waals surface area (Å²) in [6.45, 7) is 3.18. The molecular formula is C14H19NO6. The van der Waals surface area contributed by atoms with Gasteiger partial charge in [0.2, 0.25) is 0 Å². The van der Waals surface area contributed by atoms with Crippen LogP contribution in [0.3, 0.4) is 0 Å². The number of aliphatic carboxylic acids is 1. The fourth-order valence-electron chi connectivity index (χ4n) is 1.59. The molecule has 0 bridgehead atoms. The van der Waals surface area contributed by atoms with Gasteiger partial charge in [-0.15, -0.1) is 0 Å². The van der Waals surface area contributed by atoms with E-state index >= 15 is 0 Å². The molecule has 0 heterocycles. The monoisotopic (exact) mass is 297 g/mol. The number of benzene rings is 1. The van der Waals surface area contributed by atoms with E-state index in [1.165, 1.54) is 6.92 Å². The molecule has 1 amide bonds. The van der Waals surface area contributed by atoms with Gasteiger partial charge in [0, 0.05) is 0 Å². The molecule has 21 heavy (non-hydrogen) atoms. The van der Waals surface area contributed by atoms with Gasteiger partial charge in [0.25, 0.3) is 5.91 Å². The van der Waals surface area contributed by atoms with E-state index in [4.69, 9.17) is 14.6 Å². The van der Waals surface area contributed by atoms with Crippen molar-refractivity contribution in [1.82, 2.24) is 5.32 Å². The van der Waals surface area contributed by atoms with Crippen LogP contribution in [0.1, 0.15) is 13.8 Å². The van der Waals surface area contributed by atoms with Gasteiger partial charge in [0.05, 0.1) is 12.7 Å². The lowest BCUT2D eigenvalue weighted by atomic mass is 10.2. The van der Waals surface area contributed by atoms with Crippen LogP contribution in [0.2, 0.25) is 0 Å². The molecule has 7 heteroatoms. The van der Waals surface area contributed by atoms with Crippen molar-refractivity contribution in [2.24, 2.45) is 0 Å².